The molecule has 1 N–H and O–H groups in total. The molecule has 1 heterocycles. The van der Waals surface area contributed by atoms with Crippen molar-refractivity contribution >= 4 is 5.91 Å². The molecule has 1 aliphatic carbocycles. The van der Waals surface area contributed by atoms with Gasteiger partial charge in [0.25, 0.3) is 0 Å². The van der Waals surface area contributed by atoms with Gasteiger partial charge >= 0.3 is 0 Å². The van der Waals surface area contributed by atoms with Crippen LogP contribution in [0.5, 0.6) is 0 Å². The maximum atomic E-state index is 12.2. The molecule has 0 spiro atoms. The Morgan fingerprint density at radius 2 is 2.32 bits per heavy atom. The van der Waals surface area contributed by atoms with E-state index in [1.807, 2.05) is 18.2 Å². The lowest BCUT2D eigenvalue weighted by atomic mass is 9.82. The van der Waals surface area contributed by atoms with Crippen LogP contribution in [0.15, 0.2) is 24.4 Å². The number of nitrogens with one attached hydrogen (secondary N) is 1. The van der Waals surface area contributed by atoms with Gasteiger partial charge in [0.2, 0.25) is 5.91 Å². The third-order valence-electron chi connectivity index (χ3n) is 3.94. The fourth-order valence-corrected chi connectivity index (χ4v) is 2.92. The molecule has 1 aromatic rings. The van der Waals surface area contributed by atoms with Crippen molar-refractivity contribution in [3.8, 4) is 0 Å². The number of nitrogens with zero attached hydrogens (tertiary/aromatic N) is 1. The summed E-state index contributed by atoms with van der Waals surface area (Å²) in [6, 6.07) is 6.06. The van der Waals surface area contributed by atoms with E-state index < -0.39 is 0 Å². The molecule has 1 unspecified atom stereocenters. The van der Waals surface area contributed by atoms with Crippen LogP contribution in [0, 0.1) is 11.8 Å². The third kappa shape index (κ3) is 4.34. The molecule has 0 aliphatic heterocycles. The van der Waals surface area contributed by atoms with Crippen molar-refractivity contribution in [2.75, 3.05) is 0 Å². The topological polar surface area (TPSA) is 42.0 Å². The molecule has 3 atom stereocenters. The molecule has 0 bridgehead atoms. The minimum Gasteiger partial charge on any atom is -0.353 e. The van der Waals surface area contributed by atoms with Crippen LogP contribution in [0.1, 0.15) is 45.2 Å². The molecule has 3 nitrogen and oxygen atoms in total. The van der Waals surface area contributed by atoms with Gasteiger partial charge in [0.15, 0.2) is 0 Å². The highest BCUT2D eigenvalue weighted by atomic mass is 16.1. The Balaban J connectivity index is 1.81. The minimum absolute atomic E-state index is 0.152. The van der Waals surface area contributed by atoms with Crippen molar-refractivity contribution in [2.45, 2.75) is 52.0 Å². The molecule has 0 radical (unpaired) electrons. The average molecular weight is 260 g/mol. The molecule has 1 aliphatic rings. The van der Waals surface area contributed by atoms with Gasteiger partial charge in [0, 0.05) is 30.3 Å². The van der Waals surface area contributed by atoms with Crippen molar-refractivity contribution in [3.63, 3.8) is 0 Å². The lowest BCUT2D eigenvalue weighted by Crippen LogP contribution is -2.39. The van der Waals surface area contributed by atoms with Crippen molar-refractivity contribution in [1.29, 1.82) is 0 Å². The largest absolute Gasteiger partial charge is 0.353 e. The number of hydrogen-bond donors (Lipinski definition) is 1. The van der Waals surface area contributed by atoms with Crippen LogP contribution in [0.4, 0.5) is 0 Å². The van der Waals surface area contributed by atoms with Crippen LogP contribution in [-0.4, -0.2) is 16.9 Å². The van der Waals surface area contributed by atoms with Gasteiger partial charge < -0.3 is 5.32 Å². The van der Waals surface area contributed by atoms with Crippen LogP contribution < -0.4 is 5.32 Å². The number of pyridine rings is 1. The van der Waals surface area contributed by atoms with E-state index >= 15 is 0 Å². The third-order valence-corrected chi connectivity index (χ3v) is 3.94. The number of amides is 1. The summed E-state index contributed by atoms with van der Waals surface area (Å²) in [5.74, 6) is 1.14. The summed E-state index contributed by atoms with van der Waals surface area (Å²) in [5, 5.41) is 3.14. The molecule has 19 heavy (non-hydrogen) atoms. The Bertz CT molecular complexity index is 404. The maximum absolute atomic E-state index is 12.2. The predicted molar refractivity (Wildman–Crippen MR) is 76.7 cm³/mol. The molecule has 1 saturated carbocycles. The normalized spacial score (nSPS) is 24.7. The lowest BCUT2D eigenvalue weighted by Gasteiger charge is -2.27. The molecular formula is C16H24N2O. The molecule has 1 amide bonds. The molecule has 104 valence electrons. The van der Waals surface area contributed by atoms with Crippen LogP contribution >= 0.6 is 0 Å². The minimum atomic E-state index is 0.152. The van der Waals surface area contributed by atoms with E-state index in [1.54, 1.807) is 6.20 Å². The fraction of sp³-hybridized carbons (Fsp3) is 0.625. The van der Waals surface area contributed by atoms with Gasteiger partial charge in [-0.2, -0.15) is 0 Å². The first-order chi connectivity index (χ1) is 9.15. The van der Waals surface area contributed by atoms with Crippen molar-refractivity contribution < 1.29 is 4.79 Å². The van der Waals surface area contributed by atoms with Crippen LogP contribution in [-0.2, 0) is 11.2 Å². The summed E-state index contributed by atoms with van der Waals surface area (Å²) in [5.41, 5.74) is 1.03. The van der Waals surface area contributed by atoms with Gasteiger partial charge in [-0.1, -0.05) is 25.8 Å². The Morgan fingerprint density at radius 3 is 3.00 bits per heavy atom. The zero-order chi connectivity index (χ0) is 13.7. The van der Waals surface area contributed by atoms with Gasteiger partial charge in [0.05, 0.1) is 0 Å². The van der Waals surface area contributed by atoms with Gasteiger partial charge in [-0.25, -0.2) is 0 Å². The summed E-state index contributed by atoms with van der Waals surface area (Å²) in [6.07, 6.45) is 7.15. The Kier molecular flexibility index (Phi) is 4.94. The monoisotopic (exact) mass is 260 g/mol. The number of hydrogen-bond acceptors (Lipinski definition) is 2. The van der Waals surface area contributed by atoms with Gasteiger partial charge in [-0.05, 0) is 37.8 Å². The van der Waals surface area contributed by atoms with E-state index in [2.05, 4.69) is 24.1 Å². The highest BCUT2D eigenvalue weighted by Crippen LogP contribution is 2.28. The molecule has 2 rings (SSSR count). The standard InChI is InChI=1S/C16H24N2O/c1-12-6-5-7-14(10-12)16(19)18-13(2)11-15-8-3-4-9-17-15/h3-4,8-9,12-14H,5-7,10-11H2,1-2H3,(H,18,19)/t12-,13?,14+/m1/s1. The van der Waals surface area contributed by atoms with Crippen molar-refractivity contribution in [3.05, 3.63) is 30.1 Å². The molecular weight excluding hydrogens is 236 g/mol. The first kappa shape index (κ1) is 14.0. The first-order valence-electron chi connectivity index (χ1n) is 7.35. The zero-order valence-electron chi connectivity index (χ0n) is 11.9. The van der Waals surface area contributed by atoms with E-state index in [0.717, 1.165) is 25.0 Å². The second-order valence-electron chi connectivity index (χ2n) is 5.90. The summed E-state index contributed by atoms with van der Waals surface area (Å²) >= 11 is 0. The summed E-state index contributed by atoms with van der Waals surface area (Å²) < 4.78 is 0. The van der Waals surface area contributed by atoms with Gasteiger partial charge in [-0.3, -0.25) is 9.78 Å². The second kappa shape index (κ2) is 6.69. The maximum Gasteiger partial charge on any atom is 0.223 e. The SMILES string of the molecule is CC(Cc1ccccn1)NC(=O)[C@H]1CCC[C@@H](C)C1. The summed E-state index contributed by atoms with van der Waals surface area (Å²) in [4.78, 5) is 16.5. The average Bonchev–Trinajstić information content (AvgIpc) is 2.39. The highest BCUT2D eigenvalue weighted by Gasteiger charge is 2.25. The number of carbonyl (C=O) groups excluding carboxylic acids is 1. The Hall–Kier alpha value is -1.38. The number of carbonyl (C=O) groups is 1. The fourth-order valence-electron chi connectivity index (χ4n) is 2.92. The van der Waals surface area contributed by atoms with Crippen LogP contribution in [0.3, 0.4) is 0 Å². The number of aromatic nitrogens is 1. The van der Waals surface area contributed by atoms with E-state index in [0.29, 0.717) is 5.92 Å². The molecule has 0 saturated heterocycles. The van der Waals surface area contributed by atoms with Gasteiger partial charge in [-0.15, -0.1) is 0 Å². The summed E-state index contributed by atoms with van der Waals surface area (Å²) in [7, 11) is 0. The van der Waals surface area contributed by atoms with E-state index in [4.69, 9.17) is 0 Å². The van der Waals surface area contributed by atoms with Crippen LogP contribution in [0.2, 0.25) is 0 Å². The van der Waals surface area contributed by atoms with Crippen LogP contribution in [0.25, 0.3) is 0 Å². The van der Waals surface area contributed by atoms with E-state index in [-0.39, 0.29) is 17.9 Å². The van der Waals surface area contributed by atoms with Crippen molar-refractivity contribution in [2.24, 2.45) is 11.8 Å². The molecule has 1 fully saturated rings. The predicted octanol–water partition coefficient (Wildman–Crippen LogP) is 2.96. The lowest BCUT2D eigenvalue weighted by molar-refractivity contribution is -0.127. The highest BCUT2D eigenvalue weighted by molar-refractivity contribution is 5.79. The summed E-state index contributed by atoms with van der Waals surface area (Å²) in [6.45, 7) is 4.30. The van der Waals surface area contributed by atoms with Gasteiger partial charge in [0.1, 0.15) is 0 Å². The number of rotatable bonds is 4. The first-order valence-corrected chi connectivity index (χ1v) is 7.35. The van der Waals surface area contributed by atoms with E-state index in [9.17, 15) is 4.79 Å². The Labute approximate surface area is 115 Å². The quantitative estimate of drug-likeness (QED) is 0.904. The second-order valence-corrected chi connectivity index (χ2v) is 5.90. The zero-order valence-corrected chi connectivity index (χ0v) is 11.9. The Morgan fingerprint density at radius 1 is 1.47 bits per heavy atom. The van der Waals surface area contributed by atoms with Crippen molar-refractivity contribution in [1.82, 2.24) is 10.3 Å². The molecule has 1 aromatic heterocycles. The molecule has 0 aromatic carbocycles. The molecule has 3 heteroatoms. The van der Waals surface area contributed by atoms with E-state index in [1.165, 1.54) is 12.8 Å². The smallest absolute Gasteiger partial charge is 0.223 e.